The van der Waals surface area contributed by atoms with E-state index in [1.165, 1.54) is 27.7 Å². The molecule has 1 amide bonds. The number of hydrogen-bond acceptors (Lipinski definition) is 7. The molecule has 32 heavy (non-hydrogen) atoms. The number of hydrogen-bond donors (Lipinski definition) is 2. The number of fused-ring (bicyclic) bond motifs is 1. The Morgan fingerprint density at radius 2 is 1.91 bits per heavy atom. The first-order chi connectivity index (χ1) is 15.6. The van der Waals surface area contributed by atoms with Gasteiger partial charge in [-0.3, -0.25) is 14.2 Å². The highest BCUT2D eigenvalue weighted by molar-refractivity contribution is 8.00. The normalized spacial score (nSPS) is 12.1. The molecule has 0 aliphatic heterocycles. The number of thioether (sulfide) groups is 1. The zero-order valence-corrected chi connectivity index (χ0v) is 19.0. The molecular weight excluding hydrogens is 444 g/mol. The highest BCUT2D eigenvalue weighted by Crippen LogP contribution is 2.27. The number of amides is 1. The molecule has 0 aliphatic carbocycles. The third kappa shape index (κ3) is 4.90. The number of rotatable bonds is 8. The van der Waals surface area contributed by atoms with Crippen LogP contribution in [0.2, 0.25) is 0 Å². The summed E-state index contributed by atoms with van der Waals surface area (Å²) in [4.78, 5) is 34.9. The van der Waals surface area contributed by atoms with Crippen molar-refractivity contribution in [2.45, 2.75) is 30.3 Å². The lowest BCUT2D eigenvalue weighted by atomic mass is 10.2. The predicted octanol–water partition coefficient (Wildman–Crippen LogP) is 4.02. The molecule has 4 aromatic rings. The average Bonchev–Trinajstić information content (AvgIpc) is 3.28. The molecule has 2 heterocycles. The number of aromatic nitrogens is 3. The second-order valence-electron chi connectivity index (χ2n) is 7.10. The number of para-hydroxylation sites is 1. The molecule has 0 saturated carbocycles. The van der Waals surface area contributed by atoms with Gasteiger partial charge >= 0.3 is 0 Å². The summed E-state index contributed by atoms with van der Waals surface area (Å²) >= 11 is 2.58. The van der Waals surface area contributed by atoms with Crippen LogP contribution in [0, 0.1) is 0 Å². The average molecular weight is 467 g/mol. The Hall–Kier alpha value is -3.01. The summed E-state index contributed by atoms with van der Waals surface area (Å²) in [6.45, 7) is 2.06. The van der Waals surface area contributed by atoms with Crippen molar-refractivity contribution >= 4 is 45.0 Å². The molecule has 0 aliphatic rings. The minimum atomic E-state index is -0.507. The van der Waals surface area contributed by atoms with Gasteiger partial charge in [-0.2, -0.15) is 0 Å². The van der Waals surface area contributed by atoms with Crippen LogP contribution in [0.3, 0.4) is 0 Å². The van der Waals surface area contributed by atoms with E-state index in [0.717, 1.165) is 11.3 Å². The number of benzene rings is 2. The van der Waals surface area contributed by atoms with Gasteiger partial charge in [-0.05, 0) is 25.5 Å². The maximum Gasteiger partial charge on any atom is 0.262 e. The van der Waals surface area contributed by atoms with Crippen molar-refractivity contribution in [1.82, 2.24) is 14.5 Å². The summed E-state index contributed by atoms with van der Waals surface area (Å²) < 4.78 is 1.53. The first-order valence-corrected chi connectivity index (χ1v) is 11.9. The van der Waals surface area contributed by atoms with E-state index in [4.69, 9.17) is 0 Å². The second-order valence-corrected chi connectivity index (χ2v) is 9.26. The van der Waals surface area contributed by atoms with Crippen LogP contribution >= 0.6 is 23.1 Å². The number of nitrogens with zero attached hydrogens (tertiary/aromatic N) is 3. The van der Waals surface area contributed by atoms with Gasteiger partial charge in [-0.1, -0.05) is 54.2 Å². The summed E-state index contributed by atoms with van der Waals surface area (Å²) in [5.41, 5.74) is 2.20. The van der Waals surface area contributed by atoms with Gasteiger partial charge in [0.15, 0.2) is 10.3 Å². The zero-order chi connectivity index (χ0) is 22.5. The number of carbonyl (C=O) groups is 1. The fraction of sp³-hybridized carbons (Fsp3) is 0.217. The monoisotopic (exact) mass is 466 g/mol. The topological polar surface area (TPSA) is 97.1 Å². The number of thiazole rings is 1. The first-order valence-electron chi connectivity index (χ1n) is 10.2. The molecule has 2 N–H and O–H groups in total. The van der Waals surface area contributed by atoms with Crippen LogP contribution in [0.1, 0.15) is 13.3 Å². The smallest absolute Gasteiger partial charge is 0.262 e. The van der Waals surface area contributed by atoms with Gasteiger partial charge in [-0.25, -0.2) is 9.97 Å². The number of aliphatic hydroxyl groups excluding tert-OH is 1. The highest BCUT2D eigenvalue weighted by atomic mass is 32.2. The van der Waals surface area contributed by atoms with Crippen molar-refractivity contribution < 1.29 is 9.90 Å². The van der Waals surface area contributed by atoms with Gasteiger partial charge in [-0.15, -0.1) is 11.3 Å². The zero-order valence-electron chi connectivity index (χ0n) is 17.4. The standard InChI is InChI=1S/C23H22N4O3S2/c1-15(20(29)26-22-24-19(14-31-22)16-8-3-2-4-9-16)32-23-25-18-11-6-5-10-17(18)21(30)27(23)12-7-13-28/h2-6,8-11,14-15,28H,7,12-13H2,1H3,(H,24,26,29). The molecule has 0 saturated heterocycles. The van der Waals surface area contributed by atoms with Crippen LogP contribution in [0.4, 0.5) is 5.13 Å². The quantitative estimate of drug-likeness (QED) is 0.301. The van der Waals surface area contributed by atoms with Crippen LogP contribution in [-0.4, -0.2) is 37.4 Å². The van der Waals surface area contributed by atoms with Gasteiger partial charge in [0.05, 0.1) is 21.8 Å². The molecule has 4 rings (SSSR count). The van der Waals surface area contributed by atoms with Gasteiger partial charge in [0.25, 0.3) is 5.56 Å². The van der Waals surface area contributed by atoms with Crippen molar-refractivity contribution in [1.29, 1.82) is 0 Å². The fourth-order valence-electron chi connectivity index (χ4n) is 3.15. The Morgan fingerprint density at radius 3 is 2.69 bits per heavy atom. The Morgan fingerprint density at radius 1 is 1.16 bits per heavy atom. The molecular formula is C23H22N4O3S2. The molecule has 7 nitrogen and oxygen atoms in total. The van der Waals surface area contributed by atoms with Crippen molar-refractivity contribution in [2.75, 3.05) is 11.9 Å². The van der Waals surface area contributed by atoms with E-state index >= 15 is 0 Å². The van der Waals surface area contributed by atoms with Gasteiger partial charge in [0.1, 0.15) is 0 Å². The molecule has 9 heteroatoms. The molecule has 0 fully saturated rings. The largest absolute Gasteiger partial charge is 0.396 e. The van der Waals surface area contributed by atoms with Crippen LogP contribution < -0.4 is 10.9 Å². The first kappa shape index (κ1) is 22.2. The summed E-state index contributed by atoms with van der Waals surface area (Å²) in [7, 11) is 0. The molecule has 0 bridgehead atoms. The van der Waals surface area contributed by atoms with Crippen LogP contribution in [0.5, 0.6) is 0 Å². The maximum atomic E-state index is 13.0. The van der Waals surface area contributed by atoms with Crippen LogP contribution in [0.15, 0.2) is 69.9 Å². The van der Waals surface area contributed by atoms with E-state index in [9.17, 15) is 14.7 Å². The van der Waals surface area contributed by atoms with E-state index in [-0.39, 0.29) is 18.1 Å². The molecule has 1 unspecified atom stereocenters. The molecule has 0 radical (unpaired) electrons. The van der Waals surface area contributed by atoms with E-state index in [2.05, 4.69) is 15.3 Å². The Bertz CT molecular complexity index is 1290. The number of anilines is 1. The maximum absolute atomic E-state index is 13.0. The highest BCUT2D eigenvalue weighted by Gasteiger charge is 2.20. The Balaban J connectivity index is 1.53. The number of carbonyl (C=O) groups excluding carboxylic acids is 1. The van der Waals surface area contributed by atoms with Gasteiger partial charge < -0.3 is 10.4 Å². The number of aliphatic hydroxyl groups is 1. The van der Waals surface area contributed by atoms with Crippen molar-refractivity contribution in [3.05, 3.63) is 70.3 Å². The molecule has 1 atom stereocenters. The second kappa shape index (κ2) is 10.1. The van der Waals surface area contributed by atoms with Crippen molar-refractivity contribution in [3.8, 4) is 11.3 Å². The van der Waals surface area contributed by atoms with Gasteiger partial charge in [0.2, 0.25) is 5.91 Å². The molecule has 164 valence electrons. The molecule has 0 spiro atoms. The summed E-state index contributed by atoms with van der Waals surface area (Å²) in [5, 5.41) is 15.0. The van der Waals surface area contributed by atoms with Crippen LogP contribution in [-0.2, 0) is 11.3 Å². The molecule has 2 aromatic heterocycles. The summed E-state index contributed by atoms with van der Waals surface area (Å²) in [6, 6.07) is 16.9. The lowest BCUT2D eigenvalue weighted by molar-refractivity contribution is -0.115. The predicted molar refractivity (Wildman–Crippen MR) is 129 cm³/mol. The van der Waals surface area contributed by atoms with Crippen molar-refractivity contribution in [3.63, 3.8) is 0 Å². The SMILES string of the molecule is CC(Sc1nc2ccccc2c(=O)n1CCCO)C(=O)Nc1nc(-c2ccccc2)cs1. The van der Waals surface area contributed by atoms with Gasteiger partial charge in [0, 0.05) is 24.1 Å². The summed E-state index contributed by atoms with van der Waals surface area (Å²) in [6.07, 6.45) is 0.426. The van der Waals surface area contributed by atoms with E-state index in [1.54, 1.807) is 25.1 Å². The third-order valence-electron chi connectivity index (χ3n) is 4.82. The van der Waals surface area contributed by atoms with E-state index in [1.807, 2.05) is 41.8 Å². The lowest BCUT2D eigenvalue weighted by Gasteiger charge is -2.15. The van der Waals surface area contributed by atoms with Crippen LogP contribution in [0.25, 0.3) is 22.2 Å². The Labute approximate surface area is 193 Å². The van der Waals surface area contributed by atoms with Crippen molar-refractivity contribution in [2.24, 2.45) is 0 Å². The van der Waals surface area contributed by atoms with E-state index < -0.39 is 5.25 Å². The fourth-order valence-corrected chi connectivity index (χ4v) is 4.81. The third-order valence-corrected chi connectivity index (χ3v) is 6.67. The van der Waals surface area contributed by atoms with E-state index in [0.29, 0.717) is 34.2 Å². The number of nitrogens with one attached hydrogen (secondary N) is 1. The minimum Gasteiger partial charge on any atom is -0.396 e. The Kier molecular flexibility index (Phi) is 6.99. The summed E-state index contributed by atoms with van der Waals surface area (Å²) in [5.74, 6) is -0.222. The molecule has 2 aromatic carbocycles. The lowest BCUT2D eigenvalue weighted by Crippen LogP contribution is -2.27. The minimum absolute atomic E-state index is 0.0345.